The van der Waals surface area contributed by atoms with E-state index in [1.807, 2.05) is 37.1 Å². The van der Waals surface area contributed by atoms with Gasteiger partial charge in [0, 0.05) is 24.1 Å². The van der Waals surface area contributed by atoms with Crippen molar-refractivity contribution < 1.29 is 4.39 Å². The molecule has 0 aromatic heterocycles. The summed E-state index contributed by atoms with van der Waals surface area (Å²) >= 11 is 0. The molecule has 0 saturated heterocycles. The van der Waals surface area contributed by atoms with Crippen LogP contribution in [0.3, 0.4) is 0 Å². The van der Waals surface area contributed by atoms with E-state index in [4.69, 9.17) is 5.73 Å². The normalized spacial score (nSPS) is 10.3. The maximum atomic E-state index is 12.8. The van der Waals surface area contributed by atoms with E-state index >= 15 is 0 Å². The number of nitrogen functional groups attached to an aromatic ring is 1. The van der Waals surface area contributed by atoms with Gasteiger partial charge >= 0.3 is 0 Å². The summed E-state index contributed by atoms with van der Waals surface area (Å²) in [5.41, 5.74) is 9.57. The predicted octanol–water partition coefficient (Wildman–Crippen LogP) is 3.48. The second-order valence-corrected chi connectivity index (χ2v) is 4.08. The minimum Gasteiger partial charge on any atom is -0.399 e. The fourth-order valence-corrected chi connectivity index (χ4v) is 1.68. The summed E-state index contributed by atoms with van der Waals surface area (Å²) in [6.45, 7) is 1.97. The summed E-state index contributed by atoms with van der Waals surface area (Å²) in [4.78, 5) is 1.99. The van der Waals surface area contributed by atoms with Crippen LogP contribution in [-0.2, 0) is 0 Å². The third kappa shape index (κ3) is 2.38. The molecule has 0 heterocycles. The van der Waals surface area contributed by atoms with Gasteiger partial charge in [0.2, 0.25) is 0 Å². The number of hydrogen-bond donors (Lipinski definition) is 1. The zero-order valence-corrected chi connectivity index (χ0v) is 9.94. The molecule has 0 aliphatic heterocycles. The van der Waals surface area contributed by atoms with E-state index in [9.17, 15) is 4.39 Å². The minimum absolute atomic E-state index is 0.226. The molecule has 0 fully saturated rings. The van der Waals surface area contributed by atoms with Gasteiger partial charge in [0.05, 0.1) is 0 Å². The van der Waals surface area contributed by atoms with E-state index in [0.717, 1.165) is 22.6 Å². The lowest BCUT2D eigenvalue weighted by molar-refractivity contribution is 0.628. The lowest BCUT2D eigenvalue weighted by Crippen LogP contribution is -2.09. The lowest BCUT2D eigenvalue weighted by Gasteiger charge is -2.20. The Kier molecular flexibility index (Phi) is 3.00. The standard InChI is InChI=1S/C14H15FN2/c1-10-9-13(7-8-14(10)16)17(2)12-5-3-11(15)4-6-12/h3-9H,16H2,1-2H3. The zero-order chi connectivity index (χ0) is 12.4. The van der Waals surface area contributed by atoms with Crippen molar-refractivity contribution in [2.75, 3.05) is 17.7 Å². The van der Waals surface area contributed by atoms with Crippen LogP contribution in [0.15, 0.2) is 42.5 Å². The van der Waals surface area contributed by atoms with Crippen LogP contribution in [0, 0.1) is 12.7 Å². The molecule has 2 N–H and O–H groups in total. The van der Waals surface area contributed by atoms with Crippen molar-refractivity contribution in [2.24, 2.45) is 0 Å². The second-order valence-electron chi connectivity index (χ2n) is 4.08. The van der Waals surface area contributed by atoms with Gasteiger partial charge < -0.3 is 10.6 Å². The highest BCUT2D eigenvalue weighted by atomic mass is 19.1. The van der Waals surface area contributed by atoms with Crippen molar-refractivity contribution in [2.45, 2.75) is 6.92 Å². The molecule has 0 radical (unpaired) electrons. The highest BCUT2D eigenvalue weighted by Gasteiger charge is 2.05. The van der Waals surface area contributed by atoms with Gasteiger partial charge in [-0.1, -0.05) is 0 Å². The molecule has 0 bridgehead atoms. The number of anilines is 3. The summed E-state index contributed by atoms with van der Waals surface area (Å²) in [6, 6.07) is 12.3. The highest BCUT2D eigenvalue weighted by molar-refractivity contribution is 5.66. The van der Waals surface area contributed by atoms with Gasteiger partial charge in [0.15, 0.2) is 0 Å². The van der Waals surface area contributed by atoms with Crippen LogP contribution in [0.2, 0.25) is 0 Å². The van der Waals surface area contributed by atoms with Gasteiger partial charge in [0.25, 0.3) is 0 Å². The Balaban J connectivity index is 2.33. The van der Waals surface area contributed by atoms with Crippen LogP contribution in [-0.4, -0.2) is 7.05 Å². The quantitative estimate of drug-likeness (QED) is 0.800. The van der Waals surface area contributed by atoms with Gasteiger partial charge in [-0.15, -0.1) is 0 Å². The van der Waals surface area contributed by atoms with Crippen molar-refractivity contribution in [1.82, 2.24) is 0 Å². The number of benzene rings is 2. The summed E-state index contributed by atoms with van der Waals surface area (Å²) in [5, 5.41) is 0. The SMILES string of the molecule is Cc1cc(N(C)c2ccc(F)cc2)ccc1N. The molecular weight excluding hydrogens is 215 g/mol. The Morgan fingerprint density at radius 2 is 1.59 bits per heavy atom. The molecule has 0 aliphatic rings. The lowest BCUT2D eigenvalue weighted by atomic mass is 10.1. The monoisotopic (exact) mass is 230 g/mol. The Hall–Kier alpha value is -2.03. The maximum Gasteiger partial charge on any atom is 0.123 e. The fourth-order valence-electron chi connectivity index (χ4n) is 1.68. The first-order valence-electron chi connectivity index (χ1n) is 5.43. The fraction of sp³-hybridized carbons (Fsp3) is 0.143. The molecule has 2 nitrogen and oxygen atoms in total. The second kappa shape index (κ2) is 4.45. The van der Waals surface area contributed by atoms with E-state index in [1.165, 1.54) is 12.1 Å². The average Bonchev–Trinajstić information content (AvgIpc) is 2.33. The van der Waals surface area contributed by atoms with Crippen molar-refractivity contribution in [1.29, 1.82) is 0 Å². The third-order valence-electron chi connectivity index (χ3n) is 2.85. The molecule has 2 aromatic carbocycles. The van der Waals surface area contributed by atoms with Crippen LogP contribution in [0.1, 0.15) is 5.56 Å². The highest BCUT2D eigenvalue weighted by Crippen LogP contribution is 2.26. The average molecular weight is 230 g/mol. The Morgan fingerprint density at radius 1 is 1.00 bits per heavy atom. The summed E-state index contributed by atoms with van der Waals surface area (Å²) < 4.78 is 12.8. The molecule has 0 unspecified atom stereocenters. The van der Waals surface area contributed by atoms with Crippen LogP contribution in [0.5, 0.6) is 0 Å². The Bertz CT molecular complexity index is 520. The van der Waals surface area contributed by atoms with Crippen LogP contribution >= 0.6 is 0 Å². The number of nitrogens with zero attached hydrogens (tertiary/aromatic N) is 1. The molecule has 2 aromatic rings. The first-order valence-corrected chi connectivity index (χ1v) is 5.43. The third-order valence-corrected chi connectivity index (χ3v) is 2.85. The first-order chi connectivity index (χ1) is 8.08. The van der Waals surface area contributed by atoms with Crippen LogP contribution in [0.25, 0.3) is 0 Å². The largest absolute Gasteiger partial charge is 0.399 e. The van der Waals surface area contributed by atoms with Gasteiger partial charge in [-0.2, -0.15) is 0 Å². The van der Waals surface area contributed by atoms with Gasteiger partial charge in [-0.25, -0.2) is 4.39 Å². The molecule has 17 heavy (non-hydrogen) atoms. The van der Waals surface area contributed by atoms with E-state index in [-0.39, 0.29) is 5.82 Å². The number of halogens is 1. The molecule has 88 valence electrons. The van der Waals surface area contributed by atoms with Crippen molar-refractivity contribution in [3.05, 3.63) is 53.8 Å². The molecule has 0 spiro atoms. The van der Waals surface area contributed by atoms with E-state index in [0.29, 0.717) is 0 Å². The van der Waals surface area contributed by atoms with Crippen LogP contribution in [0.4, 0.5) is 21.5 Å². The zero-order valence-electron chi connectivity index (χ0n) is 9.94. The van der Waals surface area contributed by atoms with Crippen molar-refractivity contribution in [3.8, 4) is 0 Å². The number of rotatable bonds is 2. The minimum atomic E-state index is -0.226. The predicted molar refractivity (Wildman–Crippen MR) is 70.1 cm³/mol. The molecular formula is C14H15FN2. The van der Waals surface area contributed by atoms with Crippen LogP contribution < -0.4 is 10.6 Å². The van der Waals surface area contributed by atoms with Crippen molar-refractivity contribution >= 4 is 17.1 Å². The molecule has 2 rings (SSSR count). The van der Waals surface area contributed by atoms with E-state index in [1.54, 1.807) is 12.1 Å². The van der Waals surface area contributed by atoms with Crippen molar-refractivity contribution in [3.63, 3.8) is 0 Å². The molecule has 0 atom stereocenters. The van der Waals surface area contributed by atoms with Gasteiger partial charge in [-0.3, -0.25) is 0 Å². The van der Waals surface area contributed by atoms with E-state index < -0.39 is 0 Å². The topological polar surface area (TPSA) is 29.3 Å². The molecule has 0 saturated carbocycles. The molecule has 3 heteroatoms. The maximum absolute atomic E-state index is 12.8. The van der Waals surface area contributed by atoms with Gasteiger partial charge in [0.1, 0.15) is 5.82 Å². The Labute approximate surface area is 100 Å². The summed E-state index contributed by atoms with van der Waals surface area (Å²) in [5.74, 6) is -0.226. The number of hydrogen-bond acceptors (Lipinski definition) is 2. The van der Waals surface area contributed by atoms with Gasteiger partial charge in [-0.05, 0) is 55.0 Å². The summed E-state index contributed by atoms with van der Waals surface area (Å²) in [7, 11) is 1.94. The van der Waals surface area contributed by atoms with E-state index in [2.05, 4.69) is 0 Å². The molecule has 0 amide bonds. The first kappa shape index (κ1) is 11.5. The smallest absolute Gasteiger partial charge is 0.123 e. The number of nitrogens with two attached hydrogens (primary N) is 1. The summed E-state index contributed by atoms with van der Waals surface area (Å²) in [6.07, 6.45) is 0. The Morgan fingerprint density at radius 3 is 2.18 bits per heavy atom. The molecule has 0 aliphatic carbocycles. The number of aryl methyl sites for hydroxylation is 1.